The smallest absolute Gasteiger partial charge is 0.225 e. The molecule has 2 unspecified atom stereocenters. The quantitative estimate of drug-likeness (QED) is 0.695. The van der Waals surface area contributed by atoms with Gasteiger partial charge >= 0.3 is 0 Å². The third-order valence-corrected chi connectivity index (χ3v) is 5.24. The fourth-order valence-corrected chi connectivity index (χ4v) is 3.91. The fraction of sp³-hybridized carbons (Fsp3) is 0.700. The summed E-state index contributed by atoms with van der Waals surface area (Å²) < 4.78 is 1.93. The Bertz CT molecular complexity index is 726. The number of hydrogen-bond donors (Lipinski definition) is 1. The Morgan fingerprint density at radius 2 is 1.93 bits per heavy atom. The van der Waals surface area contributed by atoms with E-state index in [2.05, 4.69) is 59.1 Å². The Hall–Kier alpha value is -2.06. The van der Waals surface area contributed by atoms with Gasteiger partial charge in [0.05, 0.1) is 5.69 Å². The molecule has 2 aromatic heterocycles. The van der Waals surface area contributed by atoms with Crippen LogP contribution >= 0.6 is 0 Å². The highest BCUT2D eigenvalue weighted by Crippen LogP contribution is 2.22. The Labute approximate surface area is 168 Å². The van der Waals surface area contributed by atoms with E-state index in [4.69, 9.17) is 5.84 Å². The van der Waals surface area contributed by atoms with Crippen molar-refractivity contribution in [1.82, 2.24) is 30.0 Å². The molecule has 2 atom stereocenters. The highest BCUT2D eigenvalue weighted by Gasteiger charge is 2.31. The van der Waals surface area contributed by atoms with Gasteiger partial charge in [-0.05, 0) is 44.1 Å². The maximum Gasteiger partial charge on any atom is 0.225 e. The monoisotopic (exact) mass is 386 g/mol. The summed E-state index contributed by atoms with van der Waals surface area (Å²) in [6.45, 7) is 11.3. The molecule has 3 heterocycles. The van der Waals surface area contributed by atoms with Gasteiger partial charge in [0, 0.05) is 50.3 Å². The van der Waals surface area contributed by atoms with Gasteiger partial charge in [-0.1, -0.05) is 26.0 Å². The average molecular weight is 387 g/mol. The van der Waals surface area contributed by atoms with Crippen LogP contribution in [0.5, 0.6) is 0 Å². The standard InChI is InChI=1S/C20H34N8/c1-5-19-14-26(21)12-16(4)28(19)20-22-9-17(10-23-20)7-6-8-18-13-27(25-24-18)11-15(2)3/h9-10,13,15-16,19H,5-8,11-12,14,21H2,1-4H3. The molecule has 0 aliphatic carbocycles. The highest BCUT2D eigenvalue weighted by atomic mass is 15.5. The van der Waals surface area contributed by atoms with Crippen molar-refractivity contribution in [2.24, 2.45) is 11.8 Å². The van der Waals surface area contributed by atoms with Crippen LogP contribution in [0.25, 0.3) is 0 Å². The average Bonchev–Trinajstić information content (AvgIpc) is 3.08. The predicted octanol–water partition coefficient (Wildman–Crippen LogP) is 2.06. The molecule has 8 nitrogen and oxygen atoms in total. The van der Waals surface area contributed by atoms with E-state index in [1.807, 2.05) is 22.1 Å². The van der Waals surface area contributed by atoms with Gasteiger partial charge in [0.25, 0.3) is 0 Å². The molecule has 0 radical (unpaired) electrons. The van der Waals surface area contributed by atoms with E-state index >= 15 is 0 Å². The lowest BCUT2D eigenvalue weighted by Crippen LogP contribution is -2.60. The van der Waals surface area contributed by atoms with Crippen LogP contribution in [-0.2, 0) is 19.4 Å². The van der Waals surface area contributed by atoms with Crippen molar-refractivity contribution in [2.45, 2.75) is 72.0 Å². The van der Waals surface area contributed by atoms with E-state index in [0.717, 1.165) is 62.5 Å². The van der Waals surface area contributed by atoms with Crippen molar-refractivity contribution < 1.29 is 0 Å². The molecule has 1 aliphatic rings. The second-order valence-electron chi connectivity index (χ2n) is 8.34. The molecule has 0 spiro atoms. The van der Waals surface area contributed by atoms with Crippen LogP contribution in [0.4, 0.5) is 5.95 Å². The van der Waals surface area contributed by atoms with Gasteiger partial charge in [-0.25, -0.2) is 15.0 Å². The molecule has 1 fully saturated rings. The van der Waals surface area contributed by atoms with Crippen LogP contribution in [0.1, 0.15) is 51.8 Å². The summed E-state index contributed by atoms with van der Waals surface area (Å²) in [6.07, 6.45) is 9.90. The Morgan fingerprint density at radius 3 is 2.61 bits per heavy atom. The molecule has 28 heavy (non-hydrogen) atoms. The van der Waals surface area contributed by atoms with Gasteiger partial charge in [0.2, 0.25) is 5.95 Å². The molecule has 0 aromatic carbocycles. The lowest BCUT2D eigenvalue weighted by Gasteiger charge is -2.44. The number of rotatable bonds is 8. The number of anilines is 1. The number of nitrogens with zero attached hydrogens (tertiary/aromatic N) is 7. The number of hydrogen-bond acceptors (Lipinski definition) is 7. The Kier molecular flexibility index (Phi) is 6.96. The summed E-state index contributed by atoms with van der Waals surface area (Å²) >= 11 is 0. The molecule has 1 aliphatic heterocycles. The molecule has 2 N–H and O–H groups in total. The van der Waals surface area contributed by atoms with Gasteiger partial charge in [-0.2, -0.15) is 0 Å². The summed E-state index contributed by atoms with van der Waals surface area (Å²) in [5.41, 5.74) is 2.22. The van der Waals surface area contributed by atoms with E-state index in [1.54, 1.807) is 0 Å². The van der Waals surface area contributed by atoms with Crippen LogP contribution in [0.3, 0.4) is 0 Å². The fourth-order valence-electron chi connectivity index (χ4n) is 3.91. The van der Waals surface area contributed by atoms with Crippen LogP contribution in [0, 0.1) is 5.92 Å². The largest absolute Gasteiger partial charge is 0.332 e. The van der Waals surface area contributed by atoms with Crippen LogP contribution < -0.4 is 10.7 Å². The number of aromatic nitrogens is 5. The topological polar surface area (TPSA) is 89.0 Å². The van der Waals surface area contributed by atoms with Gasteiger partial charge in [0.15, 0.2) is 0 Å². The zero-order chi connectivity index (χ0) is 20.1. The minimum absolute atomic E-state index is 0.308. The maximum absolute atomic E-state index is 6.04. The molecule has 2 aromatic rings. The Balaban J connectivity index is 1.53. The van der Waals surface area contributed by atoms with Crippen LogP contribution in [0.2, 0.25) is 0 Å². The van der Waals surface area contributed by atoms with E-state index in [1.165, 1.54) is 0 Å². The highest BCUT2D eigenvalue weighted by molar-refractivity contribution is 5.35. The first-order chi connectivity index (χ1) is 13.5. The third-order valence-electron chi connectivity index (χ3n) is 5.24. The van der Waals surface area contributed by atoms with Gasteiger partial charge in [-0.3, -0.25) is 10.5 Å². The van der Waals surface area contributed by atoms with Crippen molar-refractivity contribution in [2.75, 3.05) is 18.0 Å². The van der Waals surface area contributed by atoms with Crippen molar-refractivity contribution in [1.29, 1.82) is 0 Å². The third kappa shape index (κ3) is 5.26. The van der Waals surface area contributed by atoms with Gasteiger partial charge in [0.1, 0.15) is 0 Å². The molecule has 3 rings (SSSR count). The zero-order valence-corrected chi connectivity index (χ0v) is 17.6. The Morgan fingerprint density at radius 1 is 1.18 bits per heavy atom. The van der Waals surface area contributed by atoms with E-state index < -0.39 is 0 Å². The maximum atomic E-state index is 6.04. The van der Waals surface area contributed by atoms with Crippen molar-refractivity contribution in [3.05, 3.63) is 29.8 Å². The molecule has 1 saturated heterocycles. The predicted molar refractivity (Wildman–Crippen MR) is 111 cm³/mol. The normalized spacial score (nSPS) is 20.9. The molecule has 0 bridgehead atoms. The number of nitrogens with two attached hydrogens (primary N) is 1. The molecular weight excluding hydrogens is 352 g/mol. The lowest BCUT2D eigenvalue weighted by atomic mass is 10.1. The summed E-state index contributed by atoms with van der Waals surface area (Å²) in [6, 6.07) is 0.663. The summed E-state index contributed by atoms with van der Waals surface area (Å²) in [5.74, 6) is 7.43. The first kappa shape index (κ1) is 20.7. The van der Waals surface area contributed by atoms with Crippen molar-refractivity contribution >= 4 is 5.95 Å². The zero-order valence-electron chi connectivity index (χ0n) is 17.6. The van der Waals surface area contributed by atoms with E-state index in [9.17, 15) is 0 Å². The van der Waals surface area contributed by atoms with Crippen molar-refractivity contribution in [3.63, 3.8) is 0 Å². The SMILES string of the molecule is CCC1CN(N)CC(C)N1c1ncc(CCCc2cn(CC(C)C)nn2)cn1. The molecule has 154 valence electrons. The van der Waals surface area contributed by atoms with E-state index in [-0.39, 0.29) is 0 Å². The summed E-state index contributed by atoms with van der Waals surface area (Å²) in [5, 5.41) is 10.4. The first-order valence-electron chi connectivity index (χ1n) is 10.4. The van der Waals surface area contributed by atoms with Crippen molar-refractivity contribution in [3.8, 4) is 0 Å². The molecule has 8 heteroatoms. The van der Waals surface area contributed by atoms with E-state index in [0.29, 0.717) is 18.0 Å². The minimum Gasteiger partial charge on any atom is -0.332 e. The van der Waals surface area contributed by atoms with Gasteiger partial charge < -0.3 is 4.90 Å². The first-order valence-corrected chi connectivity index (χ1v) is 10.4. The molecule has 0 amide bonds. The number of hydrazine groups is 1. The minimum atomic E-state index is 0.308. The lowest BCUT2D eigenvalue weighted by molar-refractivity contribution is 0.193. The molecule has 0 saturated carbocycles. The summed E-state index contributed by atoms with van der Waals surface area (Å²) in [4.78, 5) is 11.6. The van der Waals surface area contributed by atoms with Crippen LogP contribution in [0.15, 0.2) is 18.6 Å². The molecular formula is C20H34N8. The second-order valence-corrected chi connectivity index (χ2v) is 8.34. The number of aryl methyl sites for hydroxylation is 2. The van der Waals surface area contributed by atoms with Gasteiger partial charge in [-0.15, -0.1) is 5.10 Å². The summed E-state index contributed by atoms with van der Waals surface area (Å²) in [7, 11) is 0. The van der Waals surface area contributed by atoms with Crippen LogP contribution in [-0.4, -0.2) is 55.1 Å². The second kappa shape index (κ2) is 9.43. The number of piperazine rings is 1.